The van der Waals surface area contributed by atoms with Crippen molar-refractivity contribution in [2.75, 3.05) is 5.73 Å². The monoisotopic (exact) mass is 327 g/mol. The molecular formula is C17H10ClNO2S. The molecule has 0 spiro atoms. The standard InChI is InChI=1S/C17H10ClNO2S/c18-11-7-3-1-5-9(11)13-14(20)16-15(21-17(13)19)10-6-2-4-8-12(10)22-16/h1-8H,19H2. The first-order valence-corrected chi connectivity index (χ1v) is 7.85. The highest BCUT2D eigenvalue weighted by molar-refractivity contribution is 7.25. The number of fused-ring (bicyclic) bond motifs is 3. The summed E-state index contributed by atoms with van der Waals surface area (Å²) >= 11 is 7.61. The largest absolute Gasteiger partial charge is 0.438 e. The maximum absolute atomic E-state index is 12.9. The molecule has 3 nitrogen and oxygen atoms in total. The fourth-order valence-electron chi connectivity index (χ4n) is 2.58. The van der Waals surface area contributed by atoms with Crippen molar-refractivity contribution in [3.63, 3.8) is 0 Å². The van der Waals surface area contributed by atoms with Gasteiger partial charge in [-0.05, 0) is 18.2 Å². The molecule has 0 bridgehead atoms. The zero-order valence-corrected chi connectivity index (χ0v) is 12.9. The van der Waals surface area contributed by atoms with E-state index >= 15 is 0 Å². The first-order chi connectivity index (χ1) is 10.7. The second-order valence-corrected chi connectivity index (χ2v) is 6.37. The summed E-state index contributed by atoms with van der Waals surface area (Å²) in [7, 11) is 0. The van der Waals surface area contributed by atoms with Gasteiger partial charge in [0, 0.05) is 20.7 Å². The van der Waals surface area contributed by atoms with Gasteiger partial charge < -0.3 is 10.2 Å². The number of nitrogen functional groups attached to an aromatic ring is 1. The van der Waals surface area contributed by atoms with Crippen LogP contribution in [0.25, 0.3) is 31.5 Å². The average Bonchev–Trinajstić information content (AvgIpc) is 2.88. The van der Waals surface area contributed by atoms with Crippen molar-refractivity contribution in [1.82, 2.24) is 0 Å². The highest BCUT2D eigenvalue weighted by atomic mass is 35.5. The molecule has 22 heavy (non-hydrogen) atoms. The van der Waals surface area contributed by atoms with Crippen LogP contribution in [0, 0.1) is 0 Å². The highest BCUT2D eigenvalue weighted by Crippen LogP contribution is 2.37. The molecule has 0 unspecified atom stereocenters. The smallest absolute Gasteiger partial charge is 0.212 e. The van der Waals surface area contributed by atoms with Crippen LogP contribution in [0.15, 0.2) is 57.7 Å². The van der Waals surface area contributed by atoms with Crippen molar-refractivity contribution in [2.45, 2.75) is 0 Å². The van der Waals surface area contributed by atoms with Gasteiger partial charge in [0.15, 0.2) is 5.58 Å². The molecule has 2 aromatic carbocycles. The van der Waals surface area contributed by atoms with Gasteiger partial charge in [0.2, 0.25) is 11.3 Å². The lowest BCUT2D eigenvalue weighted by Gasteiger charge is -2.06. The average molecular weight is 328 g/mol. The number of nitrogens with two attached hydrogens (primary N) is 1. The Labute approximate surface area is 134 Å². The van der Waals surface area contributed by atoms with Gasteiger partial charge in [-0.25, -0.2) is 0 Å². The SMILES string of the molecule is Nc1oc2c(sc3ccccc32)c(=O)c1-c1ccccc1Cl. The molecule has 0 radical (unpaired) electrons. The number of thiophene rings is 1. The van der Waals surface area contributed by atoms with Gasteiger partial charge in [-0.3, -0.25) is 4.79 Å². The van der Waals surface area contributed by atoms with Gasteiger partial charge >= 0.3 is 0 Å². The van der Waals surface area contributed by atoms with Crippen LogP contribution in [-0.2, 0) is 0 Å². The van der Waals surface area contributed by atoms with E-state index in [0.717, 1.165) is 10.1 Å². The Morgan fingerprint density at radius 1 is 1.05 bits per heavy atom. The molecular weight excluding hydrogens is 318 g/mol. The third kappa shape index (κ3) is 1.85. The first kappa shape index (κ1) is 13.4. The fraction of sp³-hybridized carbons (Fsp3) is 0. The molecule has 0 aliphatic heterocycles. The Kier molecular flexibility index (Phi) is 2.96. The predicted molar refractivity (Wildman–Crippen MR) is 92.7 cm³/mol. The van der Waals surface area contributed by atoms with E-state index in [1.165, 1.54) is 11.3 Å². The molecule has 0 saturated carbocycles. The van der Waals surface area contributed by atoms with Crippen molar-refractivity contribution in [1.29, 1.82) is 0 Å². The summed E-state index contributed by atoms with van der Waals surface area (Å²) in [5.74, 6) is 0.0918. The van der Waals surface area contributed by atoms with Gasteiger partial charge in [0.05, 0.1) is 5.56 Å². The third-order valence-corrected chi connectivity index (χ3v) is 5.07. The van der Waals surface area contributed by atoms with E-state index in [-0.39, 0.29) is 11.3 Å². The fourth-order valence-corrected chi connectivity index (χ4v) is 3.88. The van der Waals surface area contributed by atoms with Crippen LogP contribution in [0.2, 0.25) is 5.02 Å². The number of anilines is 1. The van der Waals surface area contributed by atoms with Gasteiger partial charge in [0.1, 0.15) is 4.70 Å². The maximum Gasteiger partial charge on any atom is 0.212 e. The molecule has 108 valence electrons. The zero-order chi connectivity index (χ0) is 15.3. The Hall–Kier alpha value is -2.30. The van der Waals surface area contributed by atoms with E-state index in [1.54, 1.807) is 12.1 Å². The topological polar surface area (TPSA) is 56.2 Å². The van der Waals surface area contributed by atoms with Crippen LogP contribution in [0.4, 0.5) is 5.88 Å². The number of halogens is 1. The molecule has 4 rings (SSSR count). The normalized spacial score (nSPS) is 11.3. The molecule has 0 atom stereocenters. The van der Waals surface area contributed by atoms with Gasteiger partial charge in [-0.1, -0.05) is 41.9 Å². The lowest BCUT2D eigenvalue weighted by Crippen LogP contribution is -2.07. The molecule has 4 aromatic rings. The Bertz CT molecular complexity index is 1080. The van der Waals surface area contributed by atoms with E-state index in [0.29, 0.717) is 26.4 Å². The molecule has 0 saturated heterocycles. The summed E-state index contributed by atoms with van der Waals surface area (Å²) in [6.07, 6.45) is 0. The van der Waals surface area contributed by atoms with Crippen LogP contribution in [0.1, 0.15) is 0 Å². The lowest BCUT2D eigenvalue weighted by molar-refractivity contribution is 0.631. The minimum atomic E-state index is -0.145. The summed E-state index contributed by atoms with van der Waals surface area (Å²) in [4.78, 5) is 12.9. The quantitative estimate of drug-likeness (QED) is 0.540. The second-order valence-electron chi connectivity index (χ2n) is 4.91. The van der Waals surface area contributed by atoms with Crippen LogP contribution in [-0.4, -0.2) is 0 Å². The van der Waals surface area contributed by atoms with Crippen molar-refractivity contribution < 1.29 is 4.42 Å². The third-order valence-electron chi connectivity index (χ3n) is 3.58. The molecule has 0 fully saturated rings. The van der Waals surface area contributed by atoms with E-state index in [9.17, 15) is 4.79 Å². The lowest BCUT2D eigenvalue weighted by atomic mass is 10.1. The van der Waals surface area contributed by atoms with Crippen LogP contribution in [0.5, 0.6) is 0 Å². The van der Waals surface area contributed by atoms with Crippen molar-refractivity contribution in [3.8, 4) is 11.1 Å². The molecule has 0 amide bonds. The molecule has 0 aliphatic rings. The van der Waals surface area contributed by atoms with E-state index in [2.05, 4.69) is 0 Å². The van der Waals surface area contributed by atoms with Gasteiger partial charge in [-0.2, -0.15) is 0 Å². The number of hydrogen-bond donors (Lipinski definition) is 1. The Morgan fingerprint density at radius 3 is 2.59 bits per heavy atom. The van der Waals surface area contributed by atoms with Crippen molar-refractivity contribution in [3.05, 3.63) is 63.8 Å². The summed E-state index contributed by atoms with van der Waals surface area (Å²) in [6.45, 7) is 0. The summed E-state index contributed by atoms with van der Waals surface area (Å²) in [5.41, 5.74) is 7.33. The number of hydrogen-bond acceptors (Lipinski definition) is 4. The molecule has 2 N–H and O–H groups in total. The summed E-state index contributed by atoms with van der Waals surface area (Å²) in [6, 6.07) is 14.8. The predicted octanol–water partition coefficient (Wildman–Crippen LogP) is 4.91. The van der Waals surface area contributed by atoms with Gasteiger partial charge in [-0.15, -0.1) is 11.3 Å². The summed E-state index contributed by atoms with van der Waals surface area (Å²) in [5, 5.41) is 1.37. The molecule has 5 heteroatoms. The Balaban J connectivity index is 2.16. The number of benzene rings is 2. The minimum absolute atomic E-state index is 0.0918. The number of rotatable bonds is 1. The molecule has 0 aliphatic carbocycles. The van der Waals surface area contributed by atoms with Crippen LogP contribution >= 0.6 is 22.9 Å². The van der Waals surface area contributed by atoms with E-state index < -0.39 is 0 Å². The Morgan fingerprint density at radius 2 is 1.77 bits per heavy atom. The highest BCUT2D eigenvalue weighted by Gasteiger charge is 2.19. The van der Waals surface area contributed by atoms with Crippen LogP contribution in [0.3, 0.4) is 0 Å². The van der Waals surface area contributed by atoms with E-state index in [4.69, 9.17) is 21.8 Å². The summed E-state index contributed by atoms with van der Waals surface area (Å²) < 4.78 is 7.32. The van der Waals surface area contributed by atoms with Crippen molar-refractivity contribution in [2.24, 2.45) is 0 Å². The zero-order valence-electron chi connectivity index (χ0n) is 11.3. The van der Waals surface area contributed by atoms with Crippen molar-refractivity contribution >= 4 is 49.2 Å². The molecule has 2 aromatic heterocycles. The second kappa shape index (κ2) is 4.87. The minimum Gasteiger partial charge on any atom is -0.438 e. The maximum atomic E-state index is 12.9. The van der Waals surface area contributed by atoms with Crippen LogP contribution < -0.4 is 11.2 Å². The molecule has 2 heterocycles. The first-order valence-electron chi connectivity index (χ1n) is 6.65. The van der Waals surface area contributed by atoms with Gasteiger partial charge in [0.25, 0.3) is 0 Å². The van der Waals surface area contributed by atoms with E-state index in [1.807, 2.05) is 36.4 Å².